The smallest absolute Gasteiger partial charge is 0.124 e. The molecular weight excluding hydrogens is 606 g/mol. The van der Waals surface area contributed by atoms with Crippen molar-refractivity contribution in [1.29, 1.82) is 0 Å². The van der Waals surface area contributed by atoms with Crippen LogP contribution in [0.1, 0.15) is 94.8 Å². The minimum atomic E-state index is -0.186. The predicted octanol–water partition coefficient (Wildman–Crippen LogP) is 9.28. The van der Waals surface area contributed by atoms with Gasteiger partial charge in [0.25, 0.3) is 0 Å². The van der Waals surface area contributed by atoms with Gasteiger partial charge in [-0.3, -0.25) is 0 Å². The molecule has 6 heteroatoms. The van der Waals surface area contributed by atoms with E-state index in [0.717, 1.165) is 82.0 Å². The number of nitrogens with zero attached hydrogens (tertiary/aromatic N) is 1. The molecule has 4 N–H and O–H groups in total. The molecule has 264 valence electrons. The zero-order valence-electron chi connectivity index (χ0n) is 31.4. The number of aromatic amines is 1. The van der Waals surface area contributed by atoms with Crippen LogP contribution >= 0.6 is 0 Å². The van der Waals surface area contributed by atoms with Crippen molar-refractivity contribution in [2.24, 2.45) is 0 Å². The van der Waals surface area contributed by atoms with E-state index in [4.69, 9.17) is 0 Å². The number of hydrogen-bond donors (Lipinski definition) is 4. The molecule has 2 heterocycles. The molecule has 0 saturated heterocycles. The minimum absolute atomic E-state index is 0.186. The van der Waals surface area contributed by atoms with Crippen LogP contribution in [0.2, 0.25) is 0 Å². The average Bonchev–Trinajstić information content (AvgIpc) is 3.50. The zero-order valence-corrected chi connectivity index (χ0v) is 31.4. The molecule has 0 saturated carbocycles. The Hall–Kier alpha value is -4.47. The molecular formula is C43H60FN5. The molecule has 49 heavy (non-hydrogen) atoms. The van der Waals surface area contributed by atoms with Crippen LogP contribution in [0.15, 0.2) is 102 Å². The SMILES string of the molecule is C#C.C=C\C(=C/C(=C\C)C(=C\CC)/C=C(Cc1cc2c([nH]1)CNC=C2c1cc(F)cc(C(CC)CCN(C)C)c1)\C(=C/C)NC)NC(C)C. The lowest BCUT2D eigenvalue weighted by atomic mass is 9.88. The van der Waals surface area contributed by atoms with Gasteiger partial charge >= 0.3 is 0 Å². The zero-order chi connectivity index (χ0) is 36.5. The summed E-state index contributed by atoms with van der Waals surface area (Å²) in [6.07, 6.45) is 26.5. The molecule has 0 spiro atoms. The van der Waals surface area contributed by atoms with Gasteiger partial charge in [0, 0.05) is 59.6 Å². The second-order valence-corrected chi connectivity index (χ2v) is 12.8. The molecule has 0 amide bonds. The first kappa shape index (κ1) is 40.7. The Morgan fingerprint density at radius 2 is 1.80 bits per heavy atom. The predicted molar refractivity (Wildman–Crippen MR) is 210 cm³/mol. The summed E-state index contributed by atoms with van der Waals surface area (Å²) in [5.74, 6) is 0.124. The fourth-order valence-electron chi connectivity index (χ4n) is 6.21. The standard InChI is InChI=1S/C41H58FN5.C2H2/c1-11-16-31(30(13-3)23-36(14-4)45-28(6)7)19-34(40(15-5)43-8)24-37-25-38-39(26-44-27-41(38)46-37)33-20-32(21-35(42)22-33)29(12-2)17-18-47(9)10;1-2/h13-16,19-23,25-26,28-29,43-46H,4,11-12,17-18,24,27H2,1-3,5-10H3;1-2H/b30-13+,31-16-,34-19-,36-23+,40-15+;. The average molecular weight is 666 g/mol. The number of terminal acetylenes is 1. The lowest BCUT2D eigenvalue weighted by Gasteiger charge is -2.21. The van der Waals surface area contributed by atoms with Crippen molar-refractivity contribution in [2.45, 2.75) is 85.7 Å². The Bertz CT molecular complexity index is 1590. The van der Waals surface area contributed by atoms with E-state index >= 15 is 4.39 Å². The number of likely N-dealkylation sites (N-methyl/N-ethyl adjacent to an activating group) is 1. The second kappa shape index (κ2) is 20.8. The van der Waals surface area contributed by atoms with Crippen LogP contribution < -0.4 is 16.0 Å². The van der Waals surface area contributed by atoms with Crippen LogP contribution in [-0.2, 0) is 13.0 Å². The monoisotopic (exact) mass is 665 g/mol. The molecule has 0 radical (unpaired) electrons. The summed E-state index contributed by atoms with van der Waals surface area (Å²) >= 11 is 0. The third-order valence-corrected chi connectivity index (χ3v) is 8.56. The van der Waals surface area contributed by atoms with Crippen LogP contribution in [0.25, 0.3) is 5.57 Å². The quantitative estimate of drug-likeness (QED) is 0.101. The number of rotatable bonds is 17. The number of nitrogens with one attached hydrogen (secondary N) is 4. The van der Waals surface area contributed by atoms with E-state index in [1.807, 2.05) is 19.3 Å². The highest BCUT2D eigenvalue weighted by atomic mass is 19.1. The Labute approximate surface area is 296 Å². The highest BCUT2D eigenvalue weighted by Crippen LogP contribution is 2.34. The molecule has 1 aliphatic heterocycles. The summed E-state index contributed by atoms with van der Waals surface area (Å²) in [7, 11) is 6.15. The number of allylic oxidation sites excluding steroid dienone is 9. The lowest BCUT2D eigenvalue weighted by Crippen LogP contribution is -2.20. The maximum atomic E-state index is 15.1. The van der Waals surface area contributed by atoms with Gasteiger partial charge in [0.2, 0.25) is 0 Å². The van der Waals surface area contributed by atoms with Crippen LogP contribution in [0.5, 0.6) is 0 Å². The van der Waals surface area contributed by atoms with Crippen molar-refractivity contribution in [3.8, 4) is 12.8 Å². The molecule has 1 aromatic carbocycles. The molecule has 2 aromatic rings. The Morgan fingerprint density at radius 3 is 2.37 bits per heavy atom. The number of H-pyrrole nitrogens is 1. The van der Waals surface area contributed by atoms with Crippen LogP contribution in [0.3, 0.4) is 0 Å². The van der Waals surface area contributed by atoms with E-state index in [1.54, 1.807) is 12.1 Å². The highest BCUT2D eigenvalue weighted by Gasteiger charge is 2.21. The van der Waals surface area contributed by atoms with Crippen molar-refractivity contribution in [3.05, 3.63) is 136 Å². The number of benzene rings is 1. The Balaban J connectivity index is 0.00000409. The van der Waals surface area contributed by atoms with Gasteiger partial charge in [0.15, 0.2) is 0 Å². The summed E-state index contributed by atoms with van der Waals surface area (Å²) in [5, 5.41) is 10.3. The van der Waals surface area contributed by atoms with Crippen LogP contribution in [0, 0.1) is 18.7 Å². The number of hydrogen-bond acceptors (Lipinski definition) is 4. The van der Waals surface area contributed by atoms with Gasteiger partial charge in [-0.2, -0.15) is 0 Å². The Kier molecular flexibility index (Phi) is 17.3. The molecule has 0 aliphatic carbocycles. The van der Waals surface area contributed by atoms with Gasteiger partial charge in [-0.1, -0.05) is 44.7 Å². The molecule has 0 bridgehead atoms. The molecule has 1 aliphatic rings. The number of fused-ring (bicyclic) bond motifs is 1. The summed E-state index contributed by atoms with van der Waals surface area (Å²) in [5.41, 5.74) is 11.9. The van der Waals surface area contributed by atoms with Crippen molar-refractivity contribution in [3.63, 3.8) is 0 Å². The van der Waals surface area contributed by atoms with Gasteiger partial charge in [-0.25, -0.2) is 4.39 Å². The lowest BCUT2D eigenvalue weighted by molar-refractivity contribution is 0.377. The maximum absolute atomic E-state index is 15.1. The van der Waals surface area contributed by atoms with Crippen molar-refractivity contribution in [2.75, 3.05) is 27.7 Å². The van der Waals surface area contributed by atoms with Crippen LogP contribution in [-0.4, -0.2) is 43.6 Å². The molecule has 1 aromatic heterocycles. The first-order valence-electron chi connectivity index (χ1n) is 17.5. The van der Waals surface area contributed by atoms with Crippen molar-refractivity contribution in [1.82, 2.24) is 25.8 Å². The van der Waals surface area contributed by atoms with E-state index < -0.39 is 0 Å². The van der Waals surface area contributed by atoms with E-state index in [1.165, 1.54) is 5.57 Å². The largest absolute Gasteiger partial charge is 0.388 e. The topological polar surface area (TPSA) is 55.1 Å². The van der Waals surface area contributed by atoms with Gasteiger partial charge in [-0.05, 0) is 138 Å². The third-order valence-electron chi connectivity index (χ3n) is 8.56. The van der Waals surface area contributed by atoms with Gasteiger partial charge in [-0.15, -0.1) is 12.8 Å². The summed E-state index contributed by atoms with van der Waals surface area (Å²) < 4.78 is 15.1. The minimum Gasteiger partial charge on any atom is -0.388 e. The van der Waals surface area contributed by atoms with Crippen LogP contribution in [0.4, 0.5) is 4.39 Å². The summed E-state index contributed by atoms with van der Waals surface area (Å²) in [6.45, 7) is 18.5. The number of aromatic nitrogens is 1. The number of halogens is 1. The molecule has 5 nitrogen and oxygen atoms in total. The van der Waals surface area contributed by atoms with Gasteiger partial charge in [0.05, 0.1) is 6.54 Å². The van der Waals surface area contributed by atoms with Crippen molar-refractivity contribution >= 4 is 5.57 Å². The van der Waals surface area contributed by atoms with Gasteiger partial charge in [0.1, 0.15) is 5.82 Å². The van der Waals surface area contributed by atoms with Crippen molar-refractivity contribution < 1.29 is 4.39 Å². The fourth-order valence-corrected chi connectivity index (χ4v) is 6.21. The van der Waals surface area contributed by atoms with E-state index in [9.17, 15) is 0 Å². The third kappa shape index (κ3) is 11.9. The summed E-state index contributed by atoms with van der Waals surface area (Å²) in [4.78, 5) is 5.90. The van der Waals surface area contributed by atoms with E-state index in [2.05, 4.69) is 143 Å². The summed E-state index contributed by atoms with van der Waals surface area (Å²) in [6, 6.07) is 8.12. The fraction of sp³-hybridized carbons (Fsp3) is 0.395. The highest BCUT2D eigenvalue weighted by molar-refractivity contribution is 5.82. The molecule has 3 rings (SSSR count). The molecule has 1 atom stereocenters. The van der Waals surface area contributed by atoms with E-state index in [0.29, 0.717) is 24.9 Å². The first-order chi connectivity index (χ1) is 23.6. The van der Waals surface area contributed by atoms with Gasteiger partial charge < -0.3 is 25.8 Å². The molecule has 0 fully saturated rings. The maximum Gasteiger partial charge on any atom is 0.124 e. The second-order valence-electron chi connectivity index (χ2n) is 12.8. The van der Waals surface area contributed by atoms with E-state index in [-0.39, 0.29) is 5.82 Å². The molecule has 1 unspecified atom stereocenters. The first-order valence-corrected chi connectivity index (χ1v) is 17.5. The normalized spacial score (nSPS) is 14.8. The Morgan fingerprint density at radius 1 is 1.06 bits per heavy atom.